The number of hydrogen-bond donors (Lipinski definition) is 1. The zero-order valence-electron chi connectivity index (χ0n) is 16.5. The van der Waals surface area contributed by atoms with E-state index in [-0.39, 0.29) is 23.1 Å². The number of anilines is 1. The molecule has 1 aliphatic heterocycles. The number of amides is 1. The Balaban J connectivity index is 1.70. The predicted octanol–water partition coefficient (Wildman–Crippen LogP) is 2.12. The van der Waals surface area contributed by atoms with Crippen LogP contribution in [0, 0.1) is 19.8 Å². The number of ether oxygens (including phenoxy) is 1. The van der Waals surface area contributed by atoms with E-state index in [1.54, 1.807) is 38.1 Å². The molecule has 1 unspecified atom stereocenters. The number of sulfonamides is 1. The van der Waals surface area contributed by atoms with Crippen molar-refractivity contribution >= 4 is 27.6 Å². The molecule has 1 aliphatic rings. The molecule has 3 rings (SSSR count). The smallest absolute Gasteiger partial charge is 0.337 e. The largest absolute Gasteiger partial charge is 0.465 e. The number of piperidine rings is 1. The summed E-state index contributed by atoms with van der Waals surface area (Å²) in [4.78, 5) is 24.2. The van der Waals surface area contributed by atoms with Crippen LogP contribution in [0.5, 0.6) is 0 Å². The standard InChI is InChI=1S/C19H23N3O6S/c1-12-17(13(2)28-21-12)29(25,26)22-10-4-5-15(11-22)18(23)20-16-8-6-14(7-9-16)19(24)27-3/h6-9,15H,4-5,10-11H2,1-3H3,(H,20,23). The molecule has 1 fully saturated rings. The highest BCUT2D eigenvalue weighted by molar-refractivity contribution is 7.89. The fourth-order valence-corrected chi connectivity index (χ4v) is 5.21. The molecule has 1 amide bonds. The number of aromatic nitrogens is 1. The Morgan fingerprint density at radius 3 is 2.52 bits per heavy atom. The van der Waals surface area contributed by atoms with Crippen LogP contribution < -0.4 is 5.32 Å². The molecule has 1 saturated heterocycles. The van der Waals surface area contributed by atoms with E-state index in [0.29, 0.717) is 36.3 Å². The van der Waals surface area contributed by atoms with Crippen LogP contribution in [0.1, 0.15) is 34.7 Å². The second-order valence-electron chi connectivity index (χ2n) is 6.91. The summed E-state index contributed by atoms with van der Waals surface area (Å²) in [7, 11) is -2.50. The minimum absolute atomic E-state index is 0.0666. The van der Waals surface area contributed by atoms with Gasteiger partial charge in [0.05, 0.1) is 18.6 Å². The minimum atomic E-state index is -3.79. The lowest BCUT2D eigenvalue weighted by Gasteiger charge is -2.31. The predicted molar refractivity (Wildman–Crippen MR) is 104 cm³/mol. The fraction of sp³-hybridized carbons (Fsp3) is 0.421. The number of carbonyl (C=O) groups excluding carboxylic acids is 2. The highest BCUT2D eigenvalue weighted by atomic mass is 32.2. The molecule has 156 valence electrons. The molecule has 0 spiro atoms. The van der Waals surface area contributed by atoms with Crippen molar-refractivity contribution in [1.82, 2.24) is 9.46 Å². The van der Waals surface area contributed by atoms with E-state index < -0.39 is 21.9 Å². The summed E-state index contributed by atoms with van der Waals surface area (Å²) < 4.78 is 36.9. The molecule has 1 aromatic heterocycles. The Labute approximate surface area is 169 Å². The first kappa shape index (κ1) is 21.0. The van der Waals surface area contributed by atoms with Gasteiger partial charge in [0.1, 0.15) is 10.6 Å². The van der Waals surface area contributed by atoms with Crippen molar-refractivity contribution < 1.29 is 27.3 Å². The average molecular weight is 421 g/mol. The number of hydrogen-bond acceptors (Lipinski definition) is 7. The summed E-state index contributed by atoms with van der Waals surface area (Å²) in [5, 5.41) is 6.50. The molecule has 1 aromatic carbocycles. The first-order chi connectivity index (χ1) is 13.7. The molecule has 9 nitrogen and oxygen atoms in total. The fourth-order valence-electron chi connectivity index (χ4n) is 3.40. The third-order valence-electron chi connectivity index (χ3n) is 4.89. The minimum Gasteiger partial charge on any atom is -0.465 e. The Kier molecular flexibility index (Phi) is 6.04. The summed E-state index contributed by atoms with van der Waals surface area (Å²) in [5.74, 6) is -0.983. The van der Waals surface area contributed by atoms with Crippen molar-refractivity contribution in [2.45, 2.75) is 31.6 Å². The lowest BCUT2D eigenvalue weighted by molar-refractivity contribution is -0.120. The second-order valence-corrected chi connectivity index (χ2v) is 8.79. The highest BCUT2D eigenvalue weighted by Gasteiger charge is 2.36. The van der Waals surface area contributed by atoms with Crippen LogP contribution in [0.25, 0.3) is 0 Å². The summed E-state index contributed by atoms with van der Waals surface area (Å²) >= 11 is 0. The monoisotopic (exact) mass is 421 g/mol. The summed E-state index contributed by atoms with van der Waals surface area (Å²) in [6.07, 6.45) is 1.15. The summed E-state index contributed by atoms with van der Waals surface area (Å²) in [6, 6.07) is 6.31. The number of nitrogens with zero attached hydrogens (tertiary/aromatic N) is 2. The molecule has 1 atom stereocenters. The maximum atomic E-state index is 13.0. The quantitative estimate of drug-likeness (QED) is 0.735. The molecule has 2 heterocycles. The van der Waals surface area contributed by atoms with Crippen LogP contribution in [0.2, 0.25) is 0 Å². The maximum absolute atomic E-state index is 13.0. The number of esters is 1. The van der Waals surface area contributed by atoms with Crippen molar-refractivity contribution in [3.05, 3.63) is 41.3 Å². The van der Waals surface area contributed by atoms with Gasteiger partial charge < -0.3 is 14.6 Å². The molecule has 2 aromatic rings. The molecular formula is C19H23N3O6S. The summed E-state index contributed by atoms with van der Waals surface area (Å²) in [5.41, 5.74) is 1.20. The van der Waals surface area contributed by atoms with Gasteiger partial charge in [0.25, 0.3) is 0 Å². The molecule has 0 radical (unpaired) electrons. The first-order valence-corrected chi connectivity index (χ1v) is 10.6. The van der Waals surface area contributed by atoms with Crippen LogP contribution in [0.4, 0.5) is 5.69 Å². The molecular weight excluding hydrogens is 398 g/mol. The molecule has 1 N–H and O–H groups in total. The first-order valence-electron chi connectivity index (χ1n) is 9.16. The topological polar surface area (TPSA) is 119 Å². The highest BCUT2D eigenvalue weighted by Crippen LogP contribution is 2.28. The van der Waals surface area contributed by atoms with Gasteiger partial charge in [-0.15, -0.1) is 0 Å². The molecule has 0 saturated carbocycles. The molecule has 0 aliphatic carbocycles. The molecule has 10 heteroatoms. The van der Waals surface area contributed by atoms with E-state index in [0.717, 1.165) is 0 Å². The van der Waals surface area contributed by atoms with Gasteiger partial charge in [-0.1, -0.05) is 5.16 Å². The Bertz CT molecular complexity index is 994. The SMILES string of the molecule is COC(=O)c1ccc(NC(=O)C2CCCN(S(=O)(=O)c3c(C)noc3C)C2)cc1. The van der Waals surface area contributed by atoms with Gasteiger partial charge in [0, 0.05) is 18.8 Å². The van der Waals surface area contributed by atoms with E-state index in [9.17, 15) is 18.0 Å². The van der Waals surface area contributed by atoms with Gasteiger partial charge in [0.15, 0.2) is 5.76 Å². The number of nitrogens with one attached hydrogen (secondary N) is 1. The van der Waals surface area contributed by atoms with E-state index in [2.05, 4.69) is 15.2 Å². The van der Waals surface area contributed by atoms with Gasteiger partial charge in [0.2, 0.25) is 15.9 Å². The number of benzene rings is 1. The number of methoxy groups -OCH3 is 1. The van der Waals surface area contributed by atoms with Crippen molar-refractivity contribution in [1.29, 1.82) is 0 Å². The van der Waals surface area contributed by atoms with Crippen LogP contribution in [0.15, 0.2) is 33.7 Å². The van der Waals surface area contributed by atoms with Crippen LogP contribution in [0.3, 0.4) is 0 Å². The van der Waals surface area contributed by atoms with E-state index in [1.165, 1.54) is 11.4 Å². The van der Waals surface area contributed by atoms with Gasteiger partial charge in [-0.05, 0) is 51.0 Å². The Hall–Kier alpha value is -2.72. The van der Waals surface area contributed by atoms with E-state index in [1.807, 2.05) is 0 Å². The number of rotatable bonds is 5. The lowest BCUT2D eigenvalue weighted by atomic mass is 9.98. The third-order valence-corrected chi connectivity index (χ3v) is 7.00. The normalized spacial score (nSPS) is 17.7. The van der Waals surface area contributed by atoms with Gasteiger partial charge in [-0.25, -0.2) is 13.2 Å². The van der Waals surface area contributed by atoms with Crippen LogP contribution in [-0.2, 0) is 19.6 Å². The Morgan fingerprint density at radius 2 is 1.93 bits per heavy atom. The van der Waals surface area contributed by atoms with Gasteiger partial charge in [-0.3, -0.25) is 4.79 Å². The molecule has 29 heavy (non-hydrogen) atoms. The van der Waals surface area contributed by atoms with E-state index in [4.69, 9.17) is 4.52 Å². The third kappa shape index (κ3) is 4.33. The maximum Gasteiger partial charge on any atom is 0.337 e. The Morgan fingerprint density at radius 1 is 1.24 bits per heavy atom. The van der Waals surface area contributed by atoms with Gasteiger partial charge >= 0.3 is 5.97 Å². The van der Waals surface area contributed by atoms with Crippen molar-refractivity contribution in [3.63, 3.8) is 0 Å². The van der Waals surface area contributed by atoms with Crippen LogP contribution in [-0.4, -0.2) is 50.0 Å². The summed E-state index contributed by atoms with van der Waals surface area (Å²) in [6.45, 7) is 3.55. The van der Waals surface area contributed by atoms with E-state index >= 15 is 0 Å². The van der Waals surface area contributed by atoms with Crippen LogP contribution >= 0.6 is 0 Å². The zero-order valence-corrected chi connectivity index (χ0v) is 17.3. The van der Waals surface area contributed by atoms with Crippen molar-refractivity contribution in [3.8, 4) is 0 Å². The lowest BCUT2D eigenvalue weighted by Crippen LogP contribution is -2.43. The molecule has 0 bridgehead atoms. The average Bonchev–Trinajstić information content (AvgIpc) is 3.06. The van der Waals surface area contributed by atoms with Crippen molar-refractivity contribution in [2.24, 2.45) is 5.92 Å². The van der Waals surface area contributed by atoms with Gasteiger partial charge in [-0.2, -0.15) is 4.31 Å². The second kappa shape index (κ2) is 8.34. The van der Waals surface area contributed by atoms with Crippen molar-refractivity contribution in [2.75, 3.05) is 25.5 Å². The number of carbonyl (C=O) groups is 2. The number of aryl methyl sites for hydroxylation is 2. The zero-order chi connectivity index (χ0) is 21.2.